The highest BCUT2D eigenvalue weighted by Gasteiger charge is 2.15. The lowest BCUT2D eigenvalue weighted by molar-refractivity contribution is 0.601. The van der Waals surface area contributed by atoms with Gasteiger partial charge in [0.15, 0.2) is 0 Å². The Kier molecular flexibility index (Phi) is 4.26. The normalized spacial score (nSPS) is 11.2. The molecule has 6 nitrogen and oxygen atoms in total. The first-order valence-corrected chi connectivity index (χ1v) is 7.91. The lowest BCUT2D eigenvalue weighted by Gasteiger charge is -2.10. The second-order valence-electron chi connectivity index (χ2n) is 4.09. The number of benzene rings is 1. The van der Waals surface area contributed by atoms with Crippen LogP contribution in [-0.2, 0) is 10.0 Å². The molecule has 2 rings (SSSR count). The van der Waals surface area contributed by atoms with E-state index in [1.165, 1.54) is 18.3 Å². The molecule has 0 aliphatic heterocycles. The number of halogens is 1. The molecule has 0 atom stereocenters. The number of hydrazine groups is 1. The molecule has 106 valence electrons. The number of pyridine rings is 1. The number of aryl methyl sites for hydroxylation is 1. The summed E-state index contributed by atoms with van der Waals surface area (Å²) in [4.78, 5) is 3.95. The van der Waals surface area contributed by atoms with Gasteiger partial charge in [0, 0.05) is 22.4 Å². The summed E-state index contributed by atoms with van der Waals surface area (Å²) in [5, 5.41) is 0. The average molecular weight is 357 g/mol. The minimum absolute atomic E-state index is 0.0807. The summed E-state index contributed by atoms with van der Waals surface area (Å²) >= 11 is 3.36. The van der Waals surface area contributed by atoms with Crippen LogP contribution >= 0.6 is 15.9 Å². The third-order valence-electron chi connectivity index (χ3n) is 2.61. The first kappa shape index (κ1) is 14.8. The second-order valence-corrected chi connectivity index (χ2v) is 6.63. The predicted octanol–water partition coefficient (Wildman–Crippen LogP) is 2.24. The van der Waals surface area contributed by atoms with Crippen LogP contribution in [0.5, 0.6) is 0 Å². The lowest BCUT2D eigenvalue weighted by Crippen LogP contribution is -2.15. The number of hydrogen-bond donors (Lipinski definition) is 3. The summed E-state index contributed by atoms with van der Waals surface area (Å²) in [6, 6.07) is 7.97. The fourth-order valence-electron chi connectivity index (χ4n) is 1.53. The second kappa shape index (κ2) is 5.78. The summed E-state index contributed by atoms with van der Waals surface area (Å²) in [6.07, 6.45) is 1.37. The predicted molar refractivity (Wildman–Crippen MR) is 81.7 cm³/mol. The van der Waals surface area contributed by atoms with Crippen LogP contribution < -0.4 is 16.0 Å². The van der Waals surface area contributed by atoms with E-state index in [4.69, 9.17) is 5.84 Å². The molecule has 0 amide bonds. The van der Waals surface area contributed by atoms with Gasteiger partial charge in [-0.1, -0.05) is 22.0 Å². The summed E-state index contributed by atoms with van der Waals surface area (Å²) < 4.78 is 27.8. The van der Waals surface area contributed by atoms with Gasteiger partial charge in [-0.15, -0.1) is 0 Å². The lowest BCUT2D eigenvalue weighted by atomic mass is 10.2. The van der Waals surface area contributed by atoms with Crippen molar-refractivity contribution >= 4 is 37.5 Å². The van der Waals surface area contributed by atoms with E-state index in [-0.39, 0.29) is 10.7 Å². The number of nitrogen functional groups attached to an aromatic ring is 1. The third kappa shape index (κ3) is 3.27. The van der Waals surface area contributed by atoms with Crippen LogP contribution in [0, 0.1) is 6.92 Å². The van der Waals surface area contributed by atoms with Crippen LogP contribution in [0.2, 0.25) is 0 Å². The molecule has 1 aromatic heterocycles. The zero-order chi connectivity index (χ0) is 14.8. The first-order chi connectivity index (χ1) is 9.42. The molecule has 1 aromatic carbocycles. The van der Waals surface area contributed by atoms with Crippen LogP contribution in [0.3, 0.4) is 0 Å². The molecule has 0 aliphatic rings. The summed E-state index contributed by atoms with van der Waals surface area (Å²) in [6.45, 7) is 1.92. The third-order valence-corrected chi connectivity index (χ3v) is 4.85. The number of anilines is 2. The molecule has 0 saturated heterocycles. The van der Waals surface area contributed by atoms with Gasteiger partial charge in [-0.05, 0) is 30.7 Å². The fraction of sp³-hybridized carbons (Fsp3) is 0.0833. The Balaban J connectivity index is 2.32. The molecule has 0 aliphatic carbocycles. The number of nitrogens with one attached hydrogen (secondary N) is 2. The highest BCUT2D eigenvalue weighted by atomic mass is 79.9. The van der Waals surface area contributed by atoms with Crippen LogP contribution in [0.15, 0.2) is 45.9 Å². The van der Waals surface area contributed by atoms with Gasteiger partial charge in [-0.2, -0.15) is 0 Å². The Morgan fingerprint density at radius 1 is 1.25 bits per heavy atom. The molecule has 0 bridgehead atoms. The van der Waals surface area contributed by atoms with Gasteiger partial charge in [0.05, 0.1) is 4.90 Å². The van der Waals surface area contributed by atoms with Gasteiger partial charge in [0.2, 0.25) is 0 Å². The van der Waals surface area contributed by atoms with Gasteiger partial charge in [-0.25, -0.2) is 19.2 Å². The van der Waals surface area contributed by atoms with E-state index >= 15 is 0 Å². The van der Waals surface area contributed by atoms with Crippen LogP contribution in [0.1, 0.15) is 5.56 Å². The summed E-state index contributed by atoms with van der Waals surface area (Å²) in [5.74, 6) is 5.49. The van der Waals surface area contributed by atoms with Crippen molar-refractivity contribution in [3.63, 3.8) is 0 Å². The molecule has 1 heterocycles. The van der Waals surface area contributed by atoms with E-state index in [0.717, 1.165) is 10.0 Å². The first-order valence-electron chi connectivity index (χ1n) is 5.64. The summed E-state index contributed by atoms with van der Waals surface area (Å²) in [7, 11) is -3.68. The number of nitrogens with zero attached hydrogens (tertiary/aromatic N) is 1. The van der Waals surface area contributed by atoms with E-state index in [1.54, 1.807) is 12.1 Å². The molecule has 0 spiro atoms. The van der Waals surface area contributed by atoms with E-state index in [0.29, 0.717) is 5.69 Å². The molecular weight excluding hydrogens is 344 g/mol. The molecule has 2 aromatic rings. The molecular formula is C12H13BrN4O2S. The highest BCUT2D eigenvalue weighted by Crippen LogP contribution is 2.23. The van der Waals surface area contributed by atoms with Gasteiger partial charge >= 0.3 is 0 Å². The van der Waals surface area contributed by atoms with Gasteiger partial charge in [-0.3, -0.25) is 4.72 Å². The Morgan fingerprint density at radius 2 is 2.00 bits per heavy atom. The fourth-order valence-corrected chi connectivity index (χ4v) is 2.97. The number of nitrogens with two attached hydrogens (primary N) is 1. The largest absolute Gasteiger partial charge is 0.308 e. The van der Waals surface area contributed by atoms with Crippen LogP contribution in [-0.4, -0.2) is 13.4 Å². The Bertz CT molecular complexity index is 734. The molecule has 20 heavy (non-hydrogen) atoms. The van der Waals surface area contributed by atoms with Gasteiger partial charge < -0.3 is 5.43 Å². The molecule has 0 unspecified atom stereocenters. The number of hydrogen-bond acceptors (Lipinski definition) is 5. The monoisotopic (exact) mass is 356 g/mol. The zero-order valence-corrected chi connectivity index (χ0v) is 13.0. The molecule has 4 N–H and O–H groups in total. The molecule has 0 radical (unpaired) electrons. The molecule has 0 saturated carbocycles. The van der Waals surface area contributed by atoms with E-state index in [9.17, 15) is 8.42 Å². The Morgan fingerprint density at radius 3 is 2.65 bits per heavy atom. The molecule has 0 fully saturated rings. The Hall–Kier alpha value is -1.64. The SMILES string of the molecule is Cc1ccc(NS(=O)(=O)c2ccnc(NN)c2)cc1Br. The van der Waals surface area contributed by atoms with E-state index in [2.05, 4.69) is 31.1 Å². The van der Waals surface area contributed by atoms with Crippen LogP contribution in [0.25, 0.3) is 0 Å². The zero-order valence-electron chi connectivity index (χ0n) is 10.6. The smallest absolute Gasteiger partial charge is 0.262 e. The number of rotatable bonds is 4. The maximum absolute atomic E-state index is 12.2. The average Bonchev–Trinajstić information content (AvgIpc) is 2.43. The topological polar surface area (TPSA) is 97.1 Å². The van der Waals surface area contributed by atoms with E-state index < -0.39 is 10.0 Å². The quantitative estimate of drug-likeness (QED) is 0.576. The van der Waals surface area contributed by atoms with Crippen LogP contribution in [0.4, 0.5) is 11.5 Å². The standard InChI is InChI=1S/C12H13BrN4O2S/c1-8-2-3-9(6-11(8)13)17-20(18,19)10-4-5-15-12(7-10)16-14/h2-7,17H,14H2,1H3,(H,15,16). The summed E-state index contributed by atoms with van der Waals surface area (Å²) in [5.41, 5.74) is 3.80. The van der Waals surface area contributed by atoms with Gasteiger partial charge in [0.25, 0.3) is 10.0 Å². The number of sulfonamides is 1. The van der Waals surface area contributed by atoms with Crippen molar-refractivity contribution in [2.45, 2.75) is 11.8 Å². The van der Waals surface area contributed by atoms with Crippen molar-refractivity contribution in [1.82, 2.24) is 4.98 Å². The minimum Gasteiger partial charge on any atom is -0.308 e. The van der Waals surface area contributed by atoms with Gasteiger partial charge in [0.1, 0.15) is 5.82 Å². The maximum Gasteiger partial charge on any atom is 0.262 e. The van der Waals surface area contributed by atoms with Crippen molar-refractivity contribution in [2.24, 2.45) is 5.84 Å². The minimum atomic E-state index is -3.68. The van der Waals surface area contributed by atoms with E-state index in [1.807, 2.05) is 13.0 Å². The number of aromatic nitrogens is 1. The van der Waals surface area contributed by atoms with Crippen molar-refractivity contribution in [1.29, 1.82) is 0 Å². The maximum atomic E-state index is 12.2. The molecule has 8 heteroatoms. The highest BCUT2D eigenvalue weighted by molar-refractivity contribution is 9.10. The van der Waals surface area contributed by atoms with Crippen molar-refractivity contribution in [3.05, 3.63) is 46.6 Å². The van der Waals surface area contributed by atoms with Crippen molar-refractivity contribution in [3.8, 4) is 0 Å². The van der Waals surface area contributed by atoms with Crippen molar-refractivity contribution in [2.75, 3.05) is 10.1 Å². The van der Waals surface area contributed by atoms with Crippen molar-refractivity contribution < 1.29 is 8.42 Å². The Labute approximate surface area is 125 Å².